The molecule has 1 heterocycles. The quantitative estimate of drug-likeness (QED) is 0.0633. The molecule has 18 heteroatoms. The number of carbonyl (C=O) groups excluding carboxylic acids is 5. The van der Waals surface area contributed by atoms with Crippen molar-refractivity contribution in [2.45, 2.75) is 102 Å². The summed E-state index contributed by atoms with van der Waals surface area (Å²) in [5, 5.41) is 15.7. The lowest BCUT2D eigenvalue weighted by Gasteiger charge is -2.42. The first-order valence-electron chi connectivity index (χ1n) is 23.2. The molecule has 0 bridgehead atoms. The molecular formula is C52H64N6O11S. The summed E-state index contributed by atoms with van der Waals surface area (Å²) in [6.45, 7) is 10.5. The summed E-state index contributed by atoms with van der Waals surface area (Å²) in [5.41, 5.74) is 10.8. The van der Waals surface area contributed by atoms with E-state index in [2.05, 4.69) is 20.3 Å². The molecule has 1 aliphatic heterocycles. The number of carbonyl (C=O) groups is 5. The second kappa shape index (κ2) is 21.9. The number of alkyl carbamates (subject to hydrolysis) is 1. The van der Waals surface area contributed by atoms with Crippen LogP contribution < -0.4 is 25.8 Å². The molecule has 0 aromatic heterocycles. The maximum atomic E-state index is 14.8. The first-order valence-corrected chi connectivity index (χ1v) is 24.7. The largest absolute Gasteiger partial charge is 0.496 e. The number of ketones is 2. The van der Waals surface area contributed by atoms with Gasteiger partial charge in [0.25, 0.3) is 10.0 Å². The molecular weight excluding hydrogens is 917 g/mol. The number of Topliss-reactive ketones (excluding diaryl/α,β-unsaturated/α-hetero) is 2. The molecule has 374 valence electrons. The number of sulfonamides is 1. The van der Waals surface area contributed by atoms with Crippen LogP contribution in [0.1, 0.15) is 84.9 Å². The highest BCUT2D eigenvalue weighted by molar-refractivity contribution is 7.90. The van der Waals surface area contributed by atoms with Crippen molar-refractivity contribution in [3.05, 3.63) is 118 Å². The standard InChI is InChI=1S/C52H64N6O11S/c1-31-17-19-35(20-18-31)26-42(55-49(63)68-30-41-39-15-11-9-13-37(39)38-14-10-12-16-40(38)41)47(62)56-52(21-23-58(24-22-52)50(64)69-51(5,6)7)45(61)27-36(43(60)29-59)28-54-48(53)57-70(65,66)46-32(2)25-44(67-8)33(3)34(46)4/h9-20,25,36,41-42,59H,21-24,26-30H2,1-8H3,(H,55,63)(H,56,62)(H3,53,54,57)/t36-,42+/m0/s1. The molecule has 0 saturated carbocycles. The normalized spacial score (nSPS) is 15.4. The third kappa shape index (κ3) is 12.3. The number of benzene rings is 4. The second-order valence-electron chi connectivity index (χ2n) is 19.0. The third-order valence-electron chi connectivity index (χ3n) is 12.9. The number of guanidine groups is 1. The fourth-order valence-electron chi connectivity index (χ4n) is 9.05. The van der Waals surface area contributed by atoms with Crippen molar-refractivity contribution >= 4 is 45.6 Å². The summed E-state index contributed by atoms with van der Waals surface area (Å²) < 4.78 is 46.3. The molecule has 6 rings (SSSR count). The molecule has 0 radical (unpaired) electrons. The number of rotatable bonds is 17. The predicted molar refractivity (Wildman–Crippen MR) is 264 cm³/mol. The average Bonchev–Trinajstić information content (AvgIpc) is 3.63. The molecule has 1 fully saturated rings. The van der Waals surface area contributed by atoms with Gasteiger partial charge in [-0.1, -0.05) is 78.4 Å². The monoisotopic (exact) mass is 980 g/mol. The number of ether oxygens (including phenoxy) is 3. The first-order chi connectivity index (χ1) is 33.1. The number of amides is 3. The van der Waals surface area contributed by atoms with Crippen LogP contribution in [-0.2, 0) is 40.3 Å². The average molecular weight is 981 g/mol. The Bertz CT molecular complexity index is 2720. The minimum Gasteiger partial charge on any atom is -0.496 e. The van der Waals surface area contributed by atoms with E-state index in [0.717, 1.165) is 27.8 Å². The van der Waals surface area contributed by atoms with Gasteiger partial charge in [0, 0.05) is 37.8 Å². The Hall–Kier alpha value is -6.79. The number of hydrogen-bond acceptors (Lipinski definition) is 12. The van der Waals surface area contributed by atoms with E-state index in [-0.39, 0.29) is 49.8 Å². The number of aliphatic hydroxyl groups excluding tert-OH is 1. The van der Waals surface area contributed by atoms with Crippen molar-refractivity contribution in [1.82, 2.24) is 20.3 Å². The van der Waals surface area contributed by atoms with Gasteiger partial charge in [0.1, 0.15) is 36.1 Å². The highest BCUT2D eigenvalue weighted by atomic mass is 32.2. The predicted octanol–water partition coefficient (Wildman–Crippen LogP) is 5.69. The highest BCUT2D eigenvalue weighted by Crippen LogP contribution is 2.44. The van der Waals surface area contributed by atoms with E-state index in [0.29, 0.717) is 28.0 Å². The lowest BCUT2D eigenvalue weighted by Crippen LogP contribution is -2.64. The minimum atomic E-state index is -4.29. The van der Waals surface area contributed by atoms with E-state index in [9.17, 15) is 37.5 Å². The number of piperidine rings is 1. The Morgan fingerprint density at radius 2 is 1.50 bits per heavy atom. The first kappa shape index (κ1) is 52.6. The molecule has 1 aliphatic carbocycles. The van der Waals surface area contributed by atoms with E-state index >= 15 is 0 Å². The topological polar surface area (TPSA) is 245 Å². The molecule has 4 aromatic rings. The molecule has 2 aliphatic rings. The molecule has 3 amide bonds. The van der Waals surface area contributed by atoms with E-state index in [4.69, 9.17) is 19.9 Å². The Kier molecular flexibility index (Phi) is 16.4. The zero-order chi connectivity index (χ0) is 51.1. The van der Waals surface area contributed by atoms with Crippen molar-refractivity contribution in [2.24, 2.45) is 16.6 Å². The smallest absolute Gasteiger partial charge is 0.410 e. The molecule has 1 saturated heterocycles. The summed E-state index contributed by atoms with van der Waals surface area (Å²) in [5.74, 6) is -3.76. The van der Waals surface area contributed by atoms with Crippen molar-refractivity contribution in [3.8, 4) is 16.9 Å². The van der Waals surface area contributed by atoms with Crippen LogP contribution in [0.2, 0.25) is 0 Å². The second-order valence-corrected chi connectivity index (χ2v) is 20.6. The van der Waals surface area contributed by atoms with Gasteiger partial charge < -0.3 is 40.6 Å². The van der Waals surface area contributed by atoms with Crippen molar-refractivity contribution in [3.63, 3.8) is 0 Å². The van der Waals surface area contributed by atoms with Crippen LogP contribution in [0, 0.1) is 33.6 Å². The van der Waals surface area contributed by atoms with Gasteiger partial charge in [-0.25, -0.2) is 22.7 Å². The summed E-state index contributed by atoms with van der Waals surface area (Å²) in [4.78, 5) is 75.3. The SMILES string of the molecule is COc1cc(C)c(S(=O)(=O)NC(N)=NC[C@H](CC(=O)C2(NC(=O)[C@@H](Cc3ccc(C)cc3)NC(=O)OCC3c4ccccc4-c4ccccc43)CCN(C(=O)OC(C)(C)C)CC2)C(=O)CO)c(C)c1C. The van der Waals surface area contributed by atoms with E-state index in [1.54, 1.807) is 47.6 Å². The summed E-state index contributed by atoms with van der Waals surface area (Å²) in [7, 11) is -2.82. The fraction of sp³-hybridized carbons (Fsp3) is 0.423. The van der Waals surface area contributed by atoms with Crippen LogP contribution in [0.15, 0.2) is 88.8 Å². The van der Waals surface area contributed by atoms with Crippen molar-refractivity contribution in [1.29, 1.82) is 0 Å². The van der Waals surface area contributed by atoms with Crippen molar-refractivity contribution < 1.29 is 51.7 Å². The summed E-state index contributed by atoms with van der Waals surface area (Å²) >= 11 is 0. The molecule has 0 spiro atoms. The Morgan fingerprint density at radius 1 is 0.900 bits per heavy atom. The van der Waals surface area contributed by atoms with Gasteiger partial charge in [-0.05, 0) is 112 Å². The van der Waals surface area contributed by atoms with Gasteiger partial charge in [-0.3, -0.25) is 19.4 Å². The van der Waals surface area contributed by atoms with E-state index in [1.165, 1.54) is 12.0 Å². The van der Waals surface area contributed by atoms with Crippen molar-refractivity contribution in [2.75, 3.05) is 40.0 Å². The summed E-state index contributed by atoms with van der Waals surface area (Å²) in [6, 6.07) is 23.5. The van der Waals surface area contributed by atoms with E-state index < -0.39 is 88.3 Å². The van der Waals surface area contributed by atoms with E-state index in [1.807, 2.05) is 79.7 Å². The lowest BCUT2D eigenvalue weighted by molar-refractivity contribution is -0.137. The minimum absolute atomic E-state index is 0.00921. The molecule has 17 nitrogen and oxygen atoms in total. The number of fused-ring (bicyclic) bond motifs is 3. The van der Waals surface area contributed by atoms with Gasteiger partial charge in [-0.2, -0.15) is 0 Å². The number of nitrogens with zero attached hydrogens (tertiary/aromatic N) is 2. The zero-order valence-electron chi connectivity index (χ0n) is 41.0. The Balaban J connectivity index is 1.25. The third-order valence-corrected chi connectivity index (χ3v) is 14.6. The van der Waals surface area contributed by atoms with Crippen LogP contribution in [0.3, 0.4) is 0 Å². The van der Waals surface area contributed by atoms with Gasteiger partial charge in [-0.15, -0.1) is 0 Å². The fourth-order valence-corrected chi connectivity index (χ4v) is 10.5. The molecule has 2 atom stereocenters. The van der Waals surface area contributed by atoms with Crippen LogP contribution in [0.25, 0.3) is 11.1 Å². The number of aliphatic hydroxyl groups is 1. The van der Waals surface area contributed by atoms with Gasteiger partial charge in [0.05, 0.1) is 18.6 Å². The number of likely N-dealkylation sites (tertiary alicyclic amines) is 1. The lowest BCUT2D eigenvalue weighted by atomic mass is 9.79. The molecule has 0 unspecified atom stereocenters. The maximum absolute atomic E-state index is 14.8. The van der Waals surface area contributed by atoms with Gasteiger partial charge in [0.2, 0.25) is 11.9 Å². The van der Waals surface area contributed by atoms with Gasteiger partial charge >= 0.3 is 12.2 Å². The van der Waals surface area contributed by atoms with Crippen LogP contribution in [0.4, 0.5) is 9.59 Å². The number of aryl methyl sites for hydroxylation is 2. The number of aliphatic imine (C=N–C) groups is 1. The van der Waals surface area contributed by atoms with Crippen LogP contribution in [0.5, 0.6) is 5.75 Å². The zero-order valence-corrected chi connectivity index (χ0v) is 41.8. The maximum Gasteiger partial charge on any atom is 0.410 e. The number of methoxy groups -OCH3 is 1. The molecule has 6 N–H and O–H groups in total. The Labute approximate surface area is 409 Å². The molecule has 4 aromatic carbocycles. The number of nitrogens with two attached hydrogens (primary N) is 1. The Morgan fingerprint density at radius 3 is 2.07 bits per heavy atom. The van der Waals surface area contributed by atoms with Gasteiger partial charge in [0.15, 0.2) is 11.6 Å². The number of nitrogens with one attached hydrogen (secondary N) is 3. The molecule has 70 heavy (non-hydrogen) atoms. The summed E-state index contributed by atoms with van der Waals surface area (Å²) in [6.07, 6.45) is -2.25. The highest BCUT2D eigenvalue weighted by Gasteiger charge is 2.46. The number of hydrogen-bond donors (Lipinski definition) is 5. The van der Waals surface area contributed by atoms with Crippen LogP contribution >= 0.6 is 0 Å². The van der Waals surface area contributed by atoms with Crippen LogP contribution in [-0.4, -0.2) is 111 Å².